The van der Waals surface area contributed by atoms with Crippen molar-refractivity contribution in [2.45, 2.75) is 0 Å². The molecule has 0 saturated carbocycles. The van der Waals surface area contributed by atoms with E-state index in [0.29, 0.717) is 6.07 Å². The Bertz CT molecular complexity index is 963. The maximum atomic E-state index is 13.6. The van der Waals surface area contributed by atoms with Crippen LogP contribution in [0.25, 0.3) is 0 Å². The molecule has 9 heteroatoms. The Morgan fingerprint density at radius 2 is 1.54 bits per heavy atom. The number of hydrogen-bond donors (Lipinski definition) is 2. The summed E-state index contributed by atoms with van der Waals surface area (Å²) < 4.78 is 53.2. The van der Waals surface area contributed by atoms with Crippen LogP contribution in [0.5, 0.6) is 0 Å². The number of nitrogens with one attached hydrogen (secondary N) is 2. The smallest absolute Gasteiger partial charge is 0.276 e. The van der Waals surface area contributed by atoms with Gasteiger partial charge in [0.15, 0.2) is 29.0 Å². The number of rotatable bonds is 4. The van der Waals surface area contributed by atoms with Crippen LogP contribution < -0.4 is 10.6 Å². The lowest BCUT2D eigenvalue weighted by atomic mass is 10.2. The molecule has 0 atom stereocenters. The van der Waals surface area contributed by atoms with E-state index >= 15 is 0 Å². The molecule has 3 rings (SSSR count). The normalized spacial score (nSPS) is 10.5. The third-order valence-electron chi connectivity index (χ3n) is 3.32. The molecular weight excluding hydrogens is 352 g/mol. The Balaban J connectivity index is 1.73. The molecule has 0 aliphatic heterocycles. The van der Waals surface area contributed by atoms with Gasteiger partial charge in [-0.15, -0.1) is 10.2 Å². The van der Waals surface area contributed by atoms with Gasteiger partial charge in [-0.05, 0) is 36.4 Å². The second-order valence-electron chi connectivity index (χ2n) is 5.09. The third kappa shape index (κ3) is 3.61. The molecule has 2 aromatic carbocycles. The zero-order valence-corrected chi connectivity index (χ0v) is 12.9. The van der Waals surface area contributed by atoms with Crippen molar-refractivity contribution in [1.29, 1.82) is 0 Å². The molecule has 2 N–H and O–H groups in total. The van der Waals surface area contributed by atoms with E-state index in [1.165, 1.54) is 30.3 Å². The van der Waals surface area contributed by atoms with Crippen molar-refractivity contribution in [2.75, 3.05) is 10.6 Å². The third-order valence-corrected chi connectivity index (χ3v) is 3.32. The summed E-state index contributed by atoms with van der Waals surface area (Å²) in [6.45, 7) is 0. The van der Waals surface area contributed by atoms with Gasteiger partial charge in [0.2, 0.25) is 0 Å². The second kappa shape index (κ2) is 7.18. The summed E-state index contributed by atoms with van der Waals surface area (Å²) >= 11 is 0. The van der Waals surface area contributed by atoms with E-state index in [9.17, 15) is 22.4 Å². The van der Waals surface area contributed by atoms with E-state index < -0.39 is 34.9 Å². The van der Waals surface area contributed by atoms with E-state index in [1.54, 1.807) is 6.07 Å². The van der Waals surface area contributed by atoms with E-state index in [2.05, 4.69) is 20.8 Å². The largest absolute Gasteiger partial charge is 0.336 e. The van der Waals surface area contributed by atoms with Crippen molar-refractivity contribution < 1.29 is 22.4 Å². The number of amides is 1. The lowest BCUT2D eigenvalue weighted by Crippen LogP contribution is -2.16. The number of halogens is 4. The van der Waals surface area contributed by atoms with Gasteiger partial charge in [0, 0.05) is 0 Å². The van der Waals surface area contributed by atoms with Gasteiger partial charge in [0.05, 0.1) is 11.4 Å². The number of carbonyl (C=O) groups is 1. The van der Waals surface area contributed by atoms with Crippen LogP contribution in [-0.4, -0.2) is 16.1 Å². The van der Waals surface area contributed by atoms with Crippen molar-refractivity contribution >= 4 is 23.1 Å². The highest BCUT2D eigenvalue weighted by Crippen LogP contribution is 2.21. The van der Waals surface area contributed by atoms with E-state index in [0.717, 1.165) is 6.07 Å². The monoisotopic (exact) mass is 362 g/mol. The number of benzene rings is 2. The predicted octanol–water partition coefficient (Wildman–Crippen LogP) is 4.03. The van der Waals surface area contributed by atoms with Gasteiger partial charge in [0.25, 0.3) is 5.91 Å². The first-order chi connectivity index (χ1) is 12.5. The molecule has 0 saturated heterocycles. The highest BCUT2D eigenvalue weighted by Gasteiger charge is 2.17. The van der Waals surface area contributed by atoms with Gasteiger partial charge in [-0.25, -0.2) is 17.6 Å². The van der Waals surface area contributed by atoms with E-state index in [-0.39, 0.29) is 17.2 Å². The summed E-state index contributed by atoms with van der Waals surface area (Å²) in [6, 6.07) is 10.1. The zero-order valence-electron chi connectivity index (χ0n) is 12.9. The zero-order chi connectivity index (χ0) is 18.7. The van der Waals surface area contributed by atoms with Crippen molar-refractivity contribution in [2.24, 2.45) is 0 Å². The van der Waals surface area contributed by atoms with Crippen molar-refractivity contribution in [3.05, 3.63) is 77.5 Å². The van der Waals surface area contributed by atoms with Crippen molar-refractivity contribution in [1.82, 2.24) is 10.2 Å². The van der Waals surface area contributed by atoms with Crippen molar-refractivity contribution in [3.8, 4) is 0 Å². The summed E-state index contributed by atoms with van der Waals surface area (Å²) in [4.78, 5) is 12.0. The average molecular weight is 362 g/mol. The highest BCUT2D eigenvalue weighted by atomic mass is 19.2. The molecule has 0 radical (unpaired) electrons. The fourth-order valence-electron chi connectivity index (χ4n) is 2.03. The molecule has 1 aromatic heterocycles. The summed E-state index contributed by atoms with van der Waals surface area (Å²) in [5.41, 5.74) is -0.569. The molecule has 26 heavy (non-hydrogen) atoms. The van der Waals surface area contributed by atoms with Crippen molar-refractivity contribution in [3.63, 3.8) is 0 Å². The number of anilines is 3. The fraction of sp³-hybridized carbons (Fsp3) is 0. The maximum Gasteiger partial charge on any atom is 0.276 e. The summed E-state index contributed by atoms with van der Waals surface area (Å²) in [6.07, 6.45) is 0. The van der Waals surface area contributed by atoms with Crippen LogP contribution in [0.1, 0.15) is 10.5 Å². The van der Waals surface area contributed by atoms with Gasteiger partial charge in [-0.3, -0.25) is 4.79 Å². The quantitative estimate of drug-likeness (QED) is 0.543. The number of hydrogen-bond acceptors (Lipinski definition) is 4. The van der Waals surface area contributed by atoms with Gasteiger partial charge < -0.3 is 10.6 Å². The fourth-order valence-corrected chi connectivity index (χ4v) is 2.03. The molecule has 1 heterocycles. The first-order valence-electron chi connectivity index (χ1n) is 7.26. The Labute approximate surface area is 144 Å². The molecule has 0 spiro atoms. The molecule has 0 fully saturated rings. The molecular formula is C17H10F4N4O. The molecule has 0 bridgehead atoms. The van der Waals surface area contributed by atoms with Crippen LogP contribution >= 0.6 is 0 Å². The van der Waals surface area contributed by atoms with Gasteiger partial charge in [0.1, 0.15) is 5.82 Å². The first kappa shape index (κ1) is 17.3. The first-order valence-corrected chi connectivity index (χ1v) is 7.26. The maximum absolute atomic E-state index is 13.6. The number of nitrogens with zero attached hydrogens (tertiary/aromatic N) is 2. The van der Waals surface area contributed by atoms with Crippen LogP contribution in [0.15, 0.2) is 48.5 Å². The summed E-state index contributed by atoms with van der Waals surface area (Å²) in [5, 5.41) is 12.1. The van der Waals surface area contributed by atoms with E-state index in [4.69, 9.17) is 0 Å². The minimum atomic E-state index is -1.70. The lowest BCUT2D eigenvalue weighted by Gasteiger charge is -2.08. The topological polar surface area (TPSA) is 66.9 Å². The standard InChI is InChI=1S/C17H10F4N4O/c18-9-3-1-2-4-11(9)22-14-8-7-13(24-25-14)17(26)23-12-6-5-10(19)15(20)16(12)21/h1-8H,(H,22,25)(H,23,26). The van der Waals surface area contributed by atoms with Crippen LogP contribution in [0.3, 0.4) is 0 Å². The number of carbonyl (C=O) groups excluding carboxylic acids is 1. The Kier molecular flexibility index (Phi) is 4.78. The predicted molar refractivity (Wildman–Crippen MR) is 86.0 cm³/mol. The van der Waals surface area contributed by atoms with E-state index in [1.807, 2.05) is 0 Å². The Morgan fingerprint density at radius 1 is 0.769 bits per heavy atom. The summed E-state index contributed by atoms with van der Waals surface area (Å²) in [7, 11) is 0. The molecule has 132 valence electrons. The number of para-hydroxylation sites is 1. The van der Waals surface area contributed by atoms with Gasteiger partial charge in [-0.1, -0.05) is 12.1 Å². The average Bonchev–Trinajstić information content (AvgIpc) is 2.64. The Morgan fingerprint density at radius 3 is 2.23 bits per heavy atom. The van der Waals surface area contributed by atoms with Crippen LogP contribution in [-0.2, 0) is 0 Å². The molecule has 1 amide bonds. The van der Waals surface area contributed by atoms with Crippen LogP contribution in [0.4, 0.5) is 34.8 Å². The minimum absolute atomic E-state index is 0.169. The molecule has 5 nitrogen and oxygen atoms in total. The molecule has 3 aromatic rings. The minimum Gasteiger partial charge on any atom is -0.336 e. The second-order valence-corrected chi connectivity index (χ2v) is 5.09. The molecule has 0 unspecified atom stereocenters. The molecule has 0 aliphatic rings. The van der Waals surface area contributed by atoms with Crippen LogP contribution in [0.2, 0.25) is 0 Å². The Hall–Kier alpha value is -3.49. The SMILES string of the molecule is O=C(Nc1ccc(F)c(F)c1F)c1ccc(Nc2ccccc2F)nn1. The molecule has 0 aliphatic carbocycles. The number of aromatic nitrogens is 2. The van der Waals surface area contributed by atoms with Gasteiger partial charge in [-0.2, -0.15) is 0 Å². The highest BCUT2D eigenvalue weighted by molar-refractivity contribution is 6.02. The lowest BCUT2D eigenvalue weighted by molar-refractivity contribution is 0.102. The van der Waals surface area contributed by atoms with Crippen LogP contribution in [0, 0.1) is 23.3 Å². The summed E-state index contributed by atoms with van der Waals surface area (Å²) in [5.74, 6) is -5.79. The van der Waals surface area contributed by atoms with Gasteiger partial charge >= 0.3 is 0 Å².